The van der Waals surface area contributed by atoms with Crippen LogP contribution in [0.2, 0.25) is 0 Å². The van der Waals surface area contributed by atoms with Crippen molar-refractivity contribution in [2.24, 2.45) is 17.8 Å². The van der Waals surface area contributed by atoms with Crippen molar-refractivity contribution >= 4 is 5.91 Å². The Morgan fingerprint density at radius 2 is 1.73 bits per heavy atom. The molecule has 0 aromatic heterocycles. The molecule has 0 bridgehead atoms. The van der Waals surface area contributed by atoms with Crippen molar-refractivity contribution in [3.8, 4) is 0 Å². The molecule has 0 spiro atoms. The zero-order chi connectivity index (χ0) is 8.59. The van der Waals surface area contributed by atoms with E-state index in [1.165, 1.54) is 0 Å². The fourth-order valence-electron chi connectivity index (χ4n) is 1.72. The molecule has 0 radical (unpaired) electrons. The average Bonchev–Trinajstić information content (AvgIpc) is 1.80. The maximum absolute atomic E-state index is 11.1. The third-order valence-corrected chi connectivity index (χ3v) is 2.44. The maximum atomic E-state index is 11.1. The van der Waals surface area contributed by atoms with Crippen LogP contribution < -0.4 is 5.32 Å². The van der Waals surface area contributed by atoms with Gasteiger partial charge in [-0.15, -0.1) is 0 Å². The zero-order valence-electron chi connectivity index (χ0n) is 7.72. The molecule has 0 saturated carbocycles. The van der Waals surface area contributed by atoms with Gasteiger partial charge in [0.25, 0.3) is 0 Å². The summed E-state index contributed by atoms with van der Waals surface area (Å²) in [5.74, 6) is 1.55. The SMILES string of the molecule is CC(C)[C@H]1NC(=O)[C@H]1C(C)C. The van der Waals surface area contributed by atoms with Crippen LogP contribution >= 0.6 is 0 Å². The first-order valence-corrected chi connectivity index (χ1v) is 4.34. The van der Waals surface area contributed by atoms with Crippen molar-refractivity contribution in [1.82, 2.24) is 5.32 Å². The molecular formula is C9H17NO. The minimum absolute atomic E-state index is 0.235. The monoisotopic (exact) mass is 155 g/mol. The Kier molecular flexibility index (Phi) is 2.21. The average molecular weight is 155 g/mol. The molecule has 1 amide bonds. The standard InChI is InChI=1S/C9H17NO/c1-5(2)7-8(6(3)4)10-9(7)11/h5-8H,1-4H3,(H,10,11)/t7-,8+/m0/s1. The summed E-state index contributed by atoms with van der Waals surface area (Å²) in [6.45, 7) is 8.52. The summed E-state index contributed by atoms with van der Waals surface area (Å²) < 4.78 is 0. The third kappa shape index (κ3) is 1.39. The summed E-state index contributed by atoms with van der Waals surface area (Å²) in [4.78, 5) is 11.1. The smallest absolute Gasteiger partial charge is 0.225 e. The first kappa shape index (κ1) is 8.57. The Morgan fingerprint density at radius 3 is 1.91 bits per heavy atom. The predicted molar refractivity (Wildman–Crippen MR) is 45.1 cm³/mol. The Hall–Kier alpha value is -0.530. The van der Waals surface area contributed by atoms with E-state index in [4.69, 9.17) is 0 Å². The van der Waals surface area contributed by atoms with Crippen LogP contribution in [0.25, 0.3) is 0 Å². The Bertz CT molecular complexity index is 163. The number of β-lactam (4-membered cyclic amide) rings is 1. The van der Waals surface area contributed by atoms with Gasteiger partial charge in [-0.2, -0.15) is 0 Å². The Labute approximate surface area is 68.4 Å². The van der Waals surface area contributed by atoms with Gasteiger partial charge >= 0.3 is 0 Å². The lowest BCUT2D eigenvalue weighted by Crippen LogP contribution is -2.62. The van der Waals surface area contributed by atoms with Gasteiger partial charge in [-0.3, -0.25) is 4.79 Å². The van der Waals surface area contributed by atoms with Crippen LogP contribution in [0.1, 0.15) is 27.7 Å². The van der Waals surface area contributed by atoms with E-state index in [-0.39, 0.29) is 11.8 Å². The fourth-order valence-corrected chi connectivity index (χ4v) is 1.72. The number of hydrogen-bond acceptors (Lipinski definition) is 1. The molecule has 0 unspecified atom stereocenters. The molecule has 2 nitrogen and oxygen atoms in total. The third-order valence-electron chi connectivity index (χ3n) is 2.44. The molecule has 0 aromatic carbocycles. The van der Waals surface area contributed by atoms with Crippen LogP contribution in [0.4, 0.5) is 0 Å². The van der Waals surface area contributed by atoms with Gasteiger partial charge in [0.15, 0.2) is 0 Å². The van der Waals surface area contributed by atoms with Gasteiger partial charge in [0.2, 0.25) is 5.91 Å². The summed E-state index contributed by atoms with van der Waals surface area (Å²) in [7, 11) is 0. The number of amides is 1. The van der Waals surface area contributed by atoms with Gasteiger partial charge in [-0.1, -0.05) is 27.7 Å². The molecule has 11 heavy (non-hydrogen) atoms. The molecule has 0 aromatic rings. The first-order chi connectivity index (χ1) is 5.04. The van der Waals surface area contributed by atoms with E-state index in [0.717, 1.165) is 0 Å². The van der Waals surface area contributed by atoms with Gasteiger partial charge in [-0.25, -0.2) is 0 Å². The second-order valence-electron chi connectivity index (χ2n) is 4.05. The molecule has 1 rings (SSSR count). The first-order valence-electron chi connectivity index (χ1n) is 4.34. The molecule has 1 aliphatic rings. The van der Waals surface area contributed by atoms with Crippen molar-refractivity contribution in [1.29, 1.82) is 0 Å². The van der Waals surface area contributed by atoms with Crippen LogP contribution in [0, 0.1) is 17.8 Å². The normalized spacial score (nSPS) is 30.5. The summed E-state index contributed by atoms with van der Waals surface area (Å²) in [5, 5.41) is 2.93. The molecule has 2 heteroatoms. The molecule has 1 fully saturated rings. The quantitative estimate of drug-likeness (QED) is 0.600. The Morgan fingerprint density at radius 1 is 1.18 bits per heavy atom. The van der Waals surface area contributed by atoms with Gasteiger partial charge < -0.3 is 5.32 Å². The second-order valence-corrected chi connectivity index (χ2v) is 4.05. The molecule has 64 valence electrons. The summed E-state index contributed by atoms with van der Waals surface area (Å²) >= 11 is 0. The highest BCUT2D eigenvalue weighted by atomic mass is 16.2. The number of carbonyl (C=O) groups excluding carboxylic acids is 1. The van der Waals surface area contributed by atoms with Crippen molar-refractivity contribution in [3.63, 3.8) is 0 Å². The fraction of sp³-hybridized carbons (Fsp3) is 0.889. The highest BCUT2D eigenvalue weighted by Gasteiger charge is 2.42. The van der Waals surface area contributed by atoms with Crippen LogP contribution in [-0.2, 0) is 4.79 Å². The van der Waals surface area contributed by atoms with Gasteiger partial charge in [-0.05, 0) is 11.8 Å². The van der Waals surface area contributed by atoms with Gasteiger partial charge in [0.1, 0.15) is 0 Å². The largest absolute Gasteiger partial charge is 0.352 e. The molecule has 1 N–H and O–H groups in total. The summed E-state index contributed by atoms with van der Waals surface area (Å²) in [6.07, 6.45) is 0. The molecular weight excluding hydrogens is 138 g/mol. The molecule has 0 aliphatic carbocycles. The number of rotatable bonds is 2. The van der Waals surface area contributed by atoms with Crippen molar-refractivity contribution < 1.29 is 4.79 Å². The molecule has 1 heterocycles. The van der Waals surface area contributed by atoms with Crippen LogP contribution in [-0.4, -0.2) is 11.9 Å². The maximum Gasteiger partial charge on any atom is 0.225 e. The van der Waals surface area contributed by atoms with Gasteiger partial charge in [0, 0.05) is 6.04 Å². The summed E-state index contributed by atoms with van der Waals surface area (Å²) in [5.41, 5.74) is 0. The zero-order valence-corrected chi connectivity index (χ0v) is 7.72. The number of carbonyl (C=O) groups is 1. The van der Waals surface area contributed by atoms with Crippen LogP contribution in [0.15, 0.2) is 0 Å². The molecule has 1 saturated heterocycles. The van der Waals surface area contributed by atoms with Crippen molar-refractivity contribution in [2.75, 3.05) is 0 Å². The van der Waals surface area contributed by atoms with Crippen molar-refractivity contribution in [3.05, 3.63) is 0 Å². The highest BCUT2D eigenvalue weighted by molar-refractivity contribution is 5.86. The molecule has 2 atom stereocenters. The van der Waals surface area contributed by atoms with Crippen LogP contribution in [0.3, 0.4) is 0 Å². The van der Waals surface area contributed by atoms with E-state index in [1.54, 1.807) is 0 Å². The lowest BCUT2D eigenvalue weighted by molar-refractivity contribution is -0.138. The van der Waals surface area contributed by atoms with Crippen molar-refractivity contribution in [2.45, 2.75) is 33.7 Å². The molecule has 1 aliphatic heterocycles. The predicted octanol–water partition coefficient (Wildman–Crippen LogP) is 1.41. The topological polar surface area (TPSA) is 29.1 Å². The van der Waals surface area contributed by atoms with E-state index < -0.39 is 0 Å². The van der Waals surface area contributed by atoms with E-state index in [9.17, 15) is 4.79 Å². The lowest BCUT2D eigenvalue weighted by Gasteiger charge is -2.41. The summed E-state index contributed by atoms with van der Waals surface area (Å²) in [6, 6.07) is 0.419. The minimum Gasteiger partial charge on any atom is -0.352 e. The Balaban J connectivity index is 2.55. The number of nitrogens with one attached hydrogen (secondary N) is 1. The van der Waals surface area contributed by atoms with E-state index in [2.05, 4.69) is 33.0 Å². The van der Waals surface area contributed by atoms with E-state index in [1.807, 2.05) is 0 Å². The lowest BCUT2D eigenvalue weighted by atomic mass is 9.76. The van der Waals surface area contributed by atoms with E-state index >= 15 is 0 Å². The van der Waals surface area contributed by atoms with E-state index in [0.29, 0.717) is 17.9 Å². The minimum atomic E-state index is 0.235. The van der Waals surface area contributed by atoms with Crippen LogP contribution in [0.5, 0.6) is 0 Å². The highest BCUT2D eigenvalue weighted by Crippen LogP contribution is 2.28. The van der Waals surface area contributed by atoms with Gasteiger partial charge in [0.05, 0.1) is 5.92 Å². The second kappa shape index (κ2) is 2.84. The number of hydrogen-bond donors (Lipinski definition) is 1.